The first-order valence-electron chi connectivity index (χ1n) is 8.17. The molecule has 4 atom stereocenters. The minimum atomic E-state index is 0. The summed E-state index contributed by atoms with van der Waals surface area (Å²) in [5, 5.41) is 0. The Hall–Kier alpha value is -0.280. The van der Waals surface area contributed by atoms with Crippen LogP contribution in [0.15, 0.2) is 0 Å². The predicted octanol–water partition coefficient (Wildman–Crippen LogP) is 2.82. The van der Waals surface area contributed by atoms with E-state index in [1.165, 1.54) is 51.4 Å². The van der Waals surface area contributed by atoms with Crippen molar-refractivity contribution in [3.63, 3.8) is 0 Å². The second-order valence-electron chi connectivity index (χ2n) is 7.16. The summed E-state index contributed by atoms with van der Waals surface area (Å²) in [7, 11) is 2.00. The lowest BCUT2D eigenvalue weighted by Gasteiger charge is -2.33. The van der Waals surface area contributed by atoms with E-state index in [0.717, 1.165) is 12.5 Å². The maximum Gasteiger partial charge on any atom is 0.227 e. The van der Waals surface area contributed by atoms with Crippen molar-refractivity contribution in [3.05, 3.63) is 0 Å². The molecule has 0 aromatic rings. The number of carbonyl (C=O) groups excluding carboxylic acids is 1. The molecule has 0 spiro atoms. The van der Waals surface area contributed by atoms with Crippen molar-refractivity contribution in [2.24, 2.45) is 29.4 Å². The fraction of sp³-hybridized carbons (Fsp3) is 0.938. The normalized spacial score (nSPS) is 36.7. The molecule has 0 aromatic heterocycles. The number of fused-ring (bicyclic) bond motifs is 2. The minimum absolute atomic E-state index is 0. The number of amides is 1. The van der Waals surface area contributed by atoms with E-state index in [4.69, 9.17) is 5.73 Å². The molecule has 4 unspecified atom stereocenters. The van der Waals surface area contributed by atoms with Gasteiger partial charge in [-0.25, -0.2) is 0 Å². The van der Waals surface area contributed by atoms with Gasteiger partial charge in [-0.05, 0) is 49.9 Å². The Labute approximate surface area is 129 Å². The van der Waals surface area contributed by atoms with E-state index in [2.05, 4.69) is 0 Å². The van der Waals surface area contributed by atoms with Gasteiger partial charge in [0, 0.05) is 19.6 Å². The van der Waals surface area contributed by atoms with Crippen molar-refractivity contribution in [1.82, 2.24) is 4.90 Å². The largest absolute Gasteiger partial charge is 0.345 e. The van der Waals surface area contributed by atoms with Crippen LogP contribution in [0.5, 0.6) is 0 Å². The first-order valence-corrected chi connectivity index (χ1v) is 8.17. The van der Waals surface area contributed by atoms with Crippen molar-refractivity contribution >= 4 is 18.3 Å². The topological polar surface area (TPSA) is 46.3 Å². The first-order chi connectivity index (χ1) is 9.16. The molecule has 0 saturated heterocycles. The quantitative estimate of drug-likeness (QED) is 0.871. The van der Waals surface area contributed by atoms with Gasteiger partial charge in [0.05, 0.1) is 5.92 Å². The Morgan fingerprint density at radius 2 is 1.75 bits per heavy atom. The third-order valence-electron chi connectivity index (χ3n) is 5.90. The number of rotatable bonds is 3. The Bertz CT molecular complexity index is 341. The summed E-state index contributed by atoms with van der Waals surface area (Å²) in [6, 6.07) is 0.139. The van der Waals surface area contributed by atoms with Gasteiger partial charge < -0.3 is 10.6 Å². The Kier molecular flexibility index (Phi) is 5.36. The molecule has 3 aliphatic carbocycles. The average Bonchev–Trinajstić information content (AvgIpc) is 3.00. The molecule has 20 heavy (non-hydrogen) atoms. The van der Waals surface area contributed by atoms with Crippen LogP contribution in [-0.2, 0) is 4.79 Å². The molecule has 1 amide bonds. The summed E-state index contributed by atoms with van der Waals surface area (Å²) < 4.78 is 0. The summed E-state index contributed by atoms with van der Waals surface area (Å²) in [6.45, 7) is 0.958. The molecule has 3 rings (SSSR count). The lowest BCUT2D eigenvalue weighted by Crippen LogP contribution is -2.47. The predicted molar refractivity (Wildman–Crippen MR) is 83.8 cm³/mol. The number of nitrogens with two attached hydrogens (primary N) is 1. The lowest BCUT2D eigenvalue weighted by molar-refractivity contribution is -0.137. The number of nitrogens with zero attached hydrogens (tertiary/aromatic N) is 1. The van der Waals surface area contributed by atoms with Crippen LogP contribution >= 0.6 is 12.4 Å². The van der Waals surface area contributed by atoms with Crippen LogP contribution in [0.3, 0.4) is 0 Å². The molecule has 0 radical (unpaired) electrons. The summed E-state index contributed by atoms with van der Waals surface area (Å²) >= 11 is 0. The molecular formula is C16H29ClN2O. The molecule has 0 aliphatic heterocycles. The summed E-state index contributed by atoms with van der Waals surface area (Å²) in [5.74, 6) is 2.42. The maximum atomic E-state index is 12.7. The van der Waals surface area contributed by atoms with E-state index in [-0.39, 0.29) is 24.4 Å². The van der Waals surface area contributed by atoms with Crippen LogP contribution in [0.4, 0.5) is 0 Å². The highest BCUT2D eigenvalue weighted by atomic mass is 35.5. The summed E-state index contributed by atoms with van der Waals surface area (Å²) in [5.41, 5.74) is 6.29. The highest BCUT2D eigenvalue weighted by Crippen LogP contribution is 2.48. The highest BCUT2D eigenvalue weighted by molar-refractivity contribution is 5.85. The molecule has 3 nitrogen and oxygen atoms in total. The zero-order valence-electron chi connectivity index (χ0n) is 12.6. The van der Waals surface area contributed by atoms with Gasteiger partial charge >= 0.3 is 0 Å². The second-order valence-corrected chi connectivity index (χ2v) is 7.16. The van der Waals surface area contributed by atoms with Gasteiger partial charge in [0.1, 0.15) is 0 Å². The zero-order valence-corrected chi connectivity index (χ0v) is 13.4. The van der Waals surface area contributed by atoms with Crippen LogP contribution in [0.2, 0.25) is 0 Å². The van der Waals surface area contributed by atoms with E-state index < -0.39 is 0 Å². The van der Waals surface area contributed by atoms with E-state index in [0.29, 0.717) is 17.7 Å². The number of hydrogen-bond donors (Lipinski definition) is 1. The smallest absolute Gasteiger partial charge is 0.227 e. The van der Waals surface area contributed by atoms with Crippen LogP contribution in [0, 0.1) is 23.7 Å². The van der Waals surface area contributed by atoms with E-state index in [9.17, 15) is 4.79 Å². The molecule has 4 heteroatoms. The van der Waals surface area contributed by atoms with E-state index in [1.807, 2.05) is 11.9 Å². The van der Waals surface area contributed by atoms with Crippen molar-refractivity contribution < 1.29 is 4.79 Å². The third-order valence-corrected chi connectivity index (χ3v) is 5.90. The van der Waals surface area contributed by atoms with Gasteiger partial charge in [-0.3, -0.25) is 4.79 Å². The van der Waals surface area contributed by atoms with Crippen molar-refractivity contribution in [2.75, 3.05) is 13.6 Å². The molecule has 3 saturated carbocycles. The van der Waals surface area contributed by atoms with Crippen molar-refractivity contribution in [2.45, 2.75) is 57.4 Å². The molecule has 116 valence electrons. The Morgan fingerprint density at radius 1 is 1.10 bits per heavy atom. The van der Waals surface area contributed by atoms with E-state index in [1.54, 1.807) is 0 Å². The van der Waals surface area contributed by atoms with Crippen LogP contribution in [0.1, 0.15) is 51.4 Å². The Balaban J connectivity index is 0.00000147. The van der Waals surface area contributed by atoms with Gasteiger partial charge in [-0.1, -0.05) is 19.3 Å². The van der Waals surface area contributed by atoms with Gasteiger partial charge in [0.25, 0.3) is 0 Å². The first kappa shape index (κ1) is 16.1. The SMILES string of the molecule is CN(CC1CCCCC1)C(=O)C1C2CCC(C2)C1N.Cl. The summed E-state index contributed by atoms with van der Waals surface area (Å²) in [6.07, 6.45) is 10.4. The summed E-state index contributed by atoms with van der Waals surface area (Å²) in [4.78, 5) is 14.7. The monoisotopic (exact) mass is 300 g/mol. The van der Waals surface area contributed by atoms with Crippen LogP contribution in [-0.4, -0.2) is 30.4 Å². The van der Waals surface area contributed by atoms with E-state index >= 15 is 0 Å². The lowest BCUT2D eigenvalue weighted by atomic mass is 9.83. The molecule has 3 aliphatic rings. The average molecular weight is 301 g/mol. The molecule has 3 fully saturated rings. The molecule has 2 bridgehead atoms. The number of halogens is 1. The second kappa shape index (κ2) is 6.65. The number of hydrogen-bond acceptors (Lipinski definition) is 2. The highest BCUT2D eigenvalue weighted by Gasteiger charge is 2.49. The molecule has 0 aromatic carbocycles. The fourth-order valence-electron chi connectivity index (χ4n) is 4.80. The zero-order chi connectivity index (χ0) is 13.4. The van der Waals surface area contributed by atoms with Gasteiger partial charge in [0.15, 0.2) is 0 Å². The maximum absolute atomic E-state index is 12.7. The fourth-order valence-corrected chi connectivity index (χ4v) is 4.80. The van der Waals surface area contributed by atoms with Crippen molar-refractivity contribution in [3.8, 4) is 0 Å². The van der Waals surface area contributed by atoms with Crippen molar-refractivity contribution in [1.29, 1.82) is 0 Å². The van der Waals surface area contributed by atoms with Gasteiger partial charge in [-0.2, -0.15) is 0 Å². The van der Waals surface area contributed by atoms with Crippen LogP contribution < -0.4 is 5.73 Å². The molecule has 0 heterocycles. The van der Waals surface area contributed by atoms with Gasteiger partial charge in [-0.15, -0.1) is 12.4 Å². The van der Waals surface area contributed by atoms with Gasteiger partial charge in [0.2, 0.25) is 5.91 Å². The minimum Gasteiger partial charge on any atom is -0.345 e. The molecular weight excluding hydrogens is 272 g/mol. The Morgan fingerprint density at radius 3 is 2.35 bits per heavy atom. The van der Waals surface area contributed by atoms with Crippen LogP contribution in [0.25, 0.3) is 0 Å². The third kappa shape index (κ3) is 2.99. The number of carbonyl (C=O) groups is 1. The standard InChI is InChI=1S/C16H28N2O.ClH/c1-18(10-11-5-3-2-4-6-11)16(19)14-12-7-8-13(9-12)15(14)17;/h11-15H,2-10,17H2,1H3;1H. The molecule has 2 N–H and O–H groups in total.